The molecule has 6 heteroatoms. The fraction of sp³-hybridized carbons (Fsp3) is 0.667. The summed E-state index contributed by atoms with van der Waals surface area (Å²) < 4.78 is 37.2. The van der Waals surface area contributed by atoms with Crippen LogP contribution in [0.15, 0.2) is 0 Å². The largest absolute Gasteiger partial charge is 0.490 e. The van der Waals surface area contributed by atoms with E-state index in [0.29, 0.717) is 10.2 Å². The van der Waals surface area contributed by atoms with Crippen molar-refractivity contribution >= 4 is 16.2 Å². The van der Waals surface area contributed by atoms with E-state index < -0.39 is 12.1 Å². The molecule has 0 N–H and O–H groups in total. The smallest absolute Gasteiger partial charge is 0.464 e. The quantitative estimate of drug-likeness (QED) is 0.377. The van der Waals surface area contributed by atoms with Crippen LogP contribution in [0, 0.1) is 0 Å². The van der Waals surface area contributed by atoms with Gasteiger partial charge in [0.05, 0.1) is 16.5 Å². The molecule has 0 amide bonds. The highest BCUT2D eigenvalue weighted by molar-refractivity contribution is 6.08. The zero-order chi connectivity index (χ0) is 7.49. The summed E-state index contributed by atoms with van der Waals surface area (Å²) in [6, 6.07) is 0. The van der Waals surface area contributed by atoms with Gasteiger partial charge in [0.2, 0.25) is 0 Å². The molecule has 0 fully saturated rings. The third-order valence-electron chi connectivity index (χ3n) is 0.507. The number of hydrogen-bond acceptors (Lipinski definition) is 2. The van der Waals surface area contributed by atoms with Crippen LogP contribution in [0.3, 0.4) is 0 Å². The highest BCUT2D eigenvalue weighted by atomic mass is 28.1. The van der Waals surface area contributed by atoms with E-state index in [1.807, 2.05) is 0 Å². The third-order valence-corrected chi connectivity index (χ3v) is 0.796. The Morgan fingerprint density at radius 2 is 2.00 bits per heavy atom. The van der Waals surface area contributed by atoms with Crippen molar-refractivity contribution < 1.29 is 22.7 Å². The van der Waals surface area contributed by atoms with Crippen LogP contribution in [0.2, 0.25) is 0 Å². The number of carbonyl (C=O) groups is 1. The maximum atomic E-state index is 11.2. The van der Waals surface area contributed by atoms with Gasteiger partial charge in [0.1, 0.15) is 0 Å². The number of halogens is 3. The minimum Gasteiger partial charge on any atom is -0.464 e. The minimum absolute atomic E-state index is 0.113. The molecule has 0 rings (SSSR count). The second-order valence-electron chi connectivity index (χ2n) is 1.22. The summed E-state index contributed by atoms with van der Waals surface area (Å²) in [5.74, 6) is -2.10. The van der Waals surface area contributed by atoms with Crippen molar-refractivity contribution in [3.05, 3.63) is 0 Å². The molecule has 0 aromatic heterocycles. The fourth-order valence-corrected chi connectivity index (χ4v) is 0.475. The first-order valence-electron chi connectivity index (χ1n) is 2.22. The molecule has 0 aliphatic heterocycles. The minimum atomic E-state index is -4.83. The Balaban J connectivity index is 3.74. The Bertz CT molecular complexity index is 110. The molecular weight excluding hydrogens is 153 g/mol. The summed E-state index contributed by atoms with van der Waals surface area (Å²) in [5, 5.41) is 0. The van der Waals surface area contributed by atoms with Crippen LogP contribution in [0.25, 0.3) is 0 Å². The number of carbonyl (C=O) groups excluding carboxylic acids is 1. The van der Waals surface area contributed by atoms with Gasteiger partial charge in [0, 0.05) is 0 Å². The first-order valence-corrected chi connectivity index (χ1v) is 3.64. The highest BCUT2D eigenvalue weighted by Gasteiger charge is 2.40. The van der Waals surface area contributed by atoms with E-state index in [9.17, 15) is 18.0 Å². The van der Waals surface area contributed by atoms with Gasteiger partial charge in [0.15, 0.2) is 0 Å². The van der Waals surface area contributed by atoms with E-state index in [1.165, 1.54) is 0 Å². The Morgan fingerprint density at radius 3 is 2.11 bits per heavy atom. The molecule has 0 bridgehead atoms. The van der Waals surface area contributed by atoms with Crippen molar-refractivity contribution in [3.8, 4) is 0 Å². The van der Waals surface area contributed by atoms with Gasteiger partial charge in [-0.15, -0.1) is 0 Å². The second-order valence-corrected chi connectivity index (χ2v) is 1.80. The summed E-state index contributed by atoms with van der Waals surface area (Å²) in [4.78, 5) is 9.74. The monoisotopic (exact) mass is 158 g/mol. The van der Waals surface area contributed by atoms with Gasteiger partial charge in [-0.05, 0) is 0 Å². The van der Waals surface area contributed by atoms with Gasteiger partial charge < -0.3 is 4.74 Å². The molecular formula is C3H5F3O2Si. The first kappa shape index (κ1) is 8.48. The van der Waals surface area contributed by atoms with E-state index in [-0.39, 0.29) is 6.23 Å². The lowest BCUT2D eigenvalue weighted by Gasteiger charge is -2.03. The maximum Gasteiger partial charge on any atom is 0.490 e. The Kier molecular flexibility index (Phi) is 2.69. The van der Waals surface area contributed by atoms with Crippen molar-refractivity contribution in [1.29, 1.82) is 0 Å². The molecule has 0 aliphatic rings. The summed E-state index contributed by atoms with van der Waals surface area (Å²) in [6.07, 6.45) is -4.94. The third kappa shape index (κ3) is 3.12. The molecule has 54 valence electrons. The predicted molar refractivity (Wildman–Crippen MR) is 27.0 cm³/mol. The van der Waals surface area contributed by atoms with Gasteiger partial charge in [-0.3, -0.25) is 0 Å². The van der Waals surface area contributed by atoms with E-state index in [1.54, 1.807) is 0 Å². The van der Waals surface area contributed by atoms with Crippen LogP contribution in [0.4, 0.5) is 13.2 Å². The second kappa shape index (κ2) is 2.86. The number of hydrogen-bond donors (Lipinski definition) is 0. The summed E-state index contributed by atoms with van der Waals surface area (Å²) in [7, 11) is 0.428. The van der Waals surface area contributed by atoms with E-state index in [4.69, 9.17) is 0 Å². The highest BCUT2D eigenvalue weighted by Crippen LogP contribution is 2.15. The van der Waals surface area contributed by atoms with Crippen molar-refractivity contribution in [2.75, 3.05) is 6.23 Å². The first-order chi connectivity index (χ1) is 3.98. The van der Waals surface area contributed by atoms with Gasteiger partial charge in [0.25, 0.3) is 0 Å². The Morgan fingerprint density at radius 1 is 1.56 bits per heavy atom. The fourth-order valence-electron chi connectivity index (χ4n) is 0.213. The molecule has 9 heavy (non-hydrogen) atoms. The van der Waals surface area contributed by atoms with Crippen LogP contribution in [0.5, 0.6) is 0 Å². The van der Waals surface area contributed by atoms with Crippen molar-refractivity contribution in [3.63, 3.8) is 0 Å². The molecule has 0 atom stereocenters. The molecule has 0 aliphatic carbocycles. The molecule has 0 saturated heterocycles. The number of rotatable bonds is 1. The van der Waals surface area contributed by atoms with Crippen LogP contribution in [-0.4, -0.2) is 28.6 Å². The van der Waals surface area contributed by atoms with E-state index in [2.05, 4.69) is 4.74 Å². The SMILES string of the molecule is O=C(OC[SiH3])C(F)(F)F. The zero-order valence-corrected chi connectivity index (χ0v) is 6.66. The molecule has 2 nitrogen and oxygen atoms in total. The maximum absolute atomic E-state index is 11.2. The standard InChI is InChI=1S/C3H5F3O2Si/c4-3(5,6)2(7)8-1-9/h1H2,9H3. The van der Waals surface area contributed by atoms with Crippen LogP contribution < -0.4 is 0 Å². The predicted octanol–water partition coefficient (Wildman–Crippen LogP) is -0.585. The average molecular weight is 158 g/mol. The Labute approximate surface area is 52.4 Å². The van der Waals surface area contributed by atoms with Gasteiger partial charge in [-0.25, -0.2) is 4.79 Å². The van der Waals surface area contributed by atoms with Crippen molar-refractivity contribution in [2.45, 2.75) is 6.18 Å². The van der Waals surface area contributed by atoms with Crippen molar-refractivity contribution in [2.24, 2.45) is 0 Å². The molecule has 0 aromatic carbocycles. The van der Waals surface area contributed by atoms with Gasteiger partial charge >= 0.3 is 12.1 Å². The molecule has 0 saturated carbocycles. The Hall–Kier alpha value is -0.523. The van der Waals surface area contributed by atoms with E-state index >= 15 is 0 Å². The number of esters is 1. The lowest BCUT2D eigenvalue weighted by atomic mass is 10.7. The van der Waals surface area contributed by atoms with Crippen molar-refractivity contribution in [1.82, 2.24) is 0 Å². The summed E-state index contributed by atoms with van der Waals surface area (Å²) in [6.45, 7) is 0. The lowest BCUT2D eigenvalue weighted by Crippen LogP contribution is -2.25. The molecule has 0 unspecified atom stereocenters. The number of ether oxygens (including phenoxy) is 1. The van der Waals surface area contributed by atoms with Crippen LogP contribution >= 0.6 is 0 Å². The average Bonchev–Trinajstić information content (AvgIpc) is 1.64. The molecule has 0 heterocycles. The summed E-state index contributed by atoms with van der Waals surface area (Å²) >= 11 is 0. The molecule has 0 spiro atoms. The van der Waals surface area contributed by atoms with Gasteiger partial charge in [-0.1, -0.05) is 0 Å². The zero-order valence-electron chi connectivity index (χ0n) is 4.66. The number of alkyl halides is 3. The molecule has 0 aromatic rings. The summed E-state index contributed by atoms with van der Waals surface area (Å²) in [5.41, 5.74) is 0. The van der Waals surface area contributed by atoms with Gasteiger partial charge in [-0.2, -0.15) is 13.2 Å². The van der Waals surface area contributed by atoms with Crippen LogP contribution in [-0.2, 0) is 9.53 Å². The lowest BCUT2D eigenvalue weighted by molar-refractivity contribution is -0.197. The molecule has 0 radical (unpaired) electrons. The van der Waals surface area contributed by atoms with E-state index in [0.717, 1.165) is 0 Å². The normalized spacial score (nSPS) is 11.4. The van der Waals surface area contributed by atoms with Crippen LogP contribution in [0.1, 0.15) is 0 Å². The topological polar surface area (TPSA) is 26.3 Å².